The van der Waals surface area contributed by atoms with Crippen LogP contribution >= 0.6 is 11.3 Å². The van der Waals surface area contributed by atoms with Gasteiger partial charge in [-0.05, 0) is 30.5 Å². The molecule has 0 fully saturated rings. The monoisotopic (exact) mass is 264 g/mol. The topological polar surface area (TPSA) is 63.8 Å². The van der Waals surface area contributed by atoms with Crippen molar-refractivity contribution in [3.8, 4) is 0 Å². The van der Waals surface area contributed by atoms with E-state index < -0.39 is 0 Å². The molecule has 0 aromatic carbocycles. The second kappa shape index (κ2) is 5.50. The first-order valence-electron chi connectivity index (χ1n) is 5.22. The number of furan rings is 1. The van der Waals surface area contributed by atoms with E-state index in [-0.39, 0.29) is 5.97 Å². The molecule has 0 aliphatic heterocycles. The third kappa shape index (κ3) is 2.78. The molecular weight excluding hydrogens is 252 g/mol. The minimum Gasteiger partial charge on any atom is -0.465 e. The van der Waals surface area contributed by atoms with E-state index in [1.54, 1.807) is 17.7 Å². The fraction of sp³-hybridized carbons (Fsp3) is 0.167. The van der Waals surface area contributed by atoms with Gasteiger partial charge in [0, 0.05) is 0 Å². The molecule has 0 aliphatic rings. The average Bonchev–Trinajstić information content (AvgIpc) is 2.98. The highest BCUT2D eigenvalue weighted by Crippen LogP contribution is 2.22. The second-order valence-corrected chi connectivity index (χ2v) is 4.39. The number of carbonyl (C=O) groups excluding carboxylic acids is 1. The second-order valence-electron chi connectivity index (χ2n) is 3.47. The fourth-order valence-electron chi connectivity index (χ4n) is 1.34. The molecule has 0 saturated carbocycles. The molecule has 94 valence electrons. The zero-order valence-corrected chi connectivity index (χ0v) is 10.8. The number of aryl methyl sites for hydroxylation is 1. The predicted octanol–water partition coefficient (Wildman–Crippen LogP) is 2.88. The predicted molar refractivity (Wildman–Crippen MR) is 70.3 cm³/mol. The Morgan fingerprint density at radius 1 is 1.50 bits per heavy atom. The third-order valence-corrected chi connectivity index (χ3v) is 3.07. The van der Waals surface area contributed by atoms with Gasteiger partial charge in [-0.15, -0.1) is 11.3 Å². The standard InChI is InChI=1S/C12H12N2O3S/c1-8-3-4-9(17-8)7-13-14-10-5-6-18-11(10)12(15)16-2/h3-7,14H,1-2H3/b13-7+. The van der Waals surface area contributed by atoms with Crippen molar-refractivity contribution >= 4 is 29.2 Å². The van der Waals surface area contributed by atoms with Crippen LogP contribution in [-0.4, -0.2) is 19.3 Å². The van der Waals surface area contributed by atoms with Crippen molar-refractivity contribution in [3.05, 3.63) is 40.0 Å². The number of ether oxygens (including phenoxy) is 1. The molecule has 2 aromatic heterocycles. The minimum atomic E-state index is -0.378. The van der Waals surface area contributed by atoms with Gasteiger partial charge in [-0.25, -0.2) is 4.79 Å². The van der Waals surface area contributed by atoms with Gasteiger partial charge in [0.2, 0.25) is 0 Å². The van der Waals surface area contributed by atoms with Crippen molar-refractivity contribution < 1.29 is 13.9 Å². The van der Waals surface area contributed by atoms with Crippen molar-refractivity contribution in [3.63, 3.8) is 0 Å². The van der Waals surface area contributed by atoms with Crippen LogP contribution in [0.4, 0.5) is 5.69 Å². The maximum atomic E-state index is 11.4. The van der Waals surface area contributed by atoms with Gasteiger partial charge in [-0.2, -0.15) is 5.10 Å². The summed E-state index contributed by atoms with van der Waals surface area (Å²) in [5, 5.41) is 5.80. The Morgan fingerprint density at radius 2 is 2.33 bits per heavy atom. The van der Waals surface area contributed by atoms with Gasteiger partial charge in [0.1, 0.15) is 16.4 Å². The highest BCUT2D eigenvalue weighted by atomic mass is 32.1. The lowest BCUT2D eigenvalue weighted by Gasteiger charge is -2.00. The van der Waals surface area contributed by atoms with E-state index in [0.717, 1.165) is 5.76 Å². The van der Waals surface area contributed by atoms with E-state index in [2.05, 4.69) is 15.3 Å². The van der Waals surface area contributed by atoms with E-state index in [1.165, 1.54) is 18.4 Å². The number of anilines is 1. The lowest BCUT2D eigenvalue weighted by atomic mass is 10.4. The zero-order chi connectivity index (χ0) is 13.0. The van der Waals surface area contributed by atoms with Gasteiger partial charge < -0.3 is 9.15 Å². The fourth-order valence-corrected chi connectivity index (χ4v) is 2.10. The molecule has 6 heteroatoms. The molecule has 2 rings (SSSR count). The summed E-state index contributed by atoms with van der Waals surface area (Å²) in [4.78, 5) is 11.9. The van der Waals surface area contributed by atoms with Crippen LogP contribution in [-0.2, 0) is 4.74 Å². The van der Waals surface area contributed by atoms with Crippen LogP contribution < -0.4 is 5.43 Å². The van der Waals surface area contributed by atoms with E-state index in [0.29, 0.717) is 16.3 Å². The molecule has 0 bridgehead atoms. The van der Waals surface area contributed by atoms with Crippen molar-refractivity contribution in [1.82, 2.24) is 0 Å². The van der Waals surface area contributed by atoms with E-state index in [9.17, 15) is 4.79 Å². The minimum absolute atomic E-state index is 0.378. The number of hydrogen-bond acceptors (Lipinski definition) is 6. The molecule has 1 N–H and O–H groups in total. The number of nitrogens with one attached hydrogen (secondary N) is 1. The SMILES string of the molecule is COC(=O)c1sccc1N/N=C/c1ccc(C)o1. The van der Waals surface area contributed by atoms with Crippen LogP contribution in [0.25, 0.3) is 0 Å². The number of methoxy groups -OCH3 is 1. The van der Waals surface area contributed by atoms with Gasteiger partial charge in [-0.3, -0.25) is 5.43 Å². The first kappa shape index (κ1) is 12.4. The maximum Gasteiger partial charge on any atom is 0.350 e. The van der Waals surface area contributed by atoms with Crippen LogP contribution in [0.15, 0.2) is 33.1 Å². The van der Waals surface area contributed by atoms with Crippen molar-refractivity contribution in [2.45, 2.75) is 6.92 Å². The molecular formula is C12H12N2O3S. The van der Waals surface area contributed by atoms with Gasteiger partial charge in [0.25, 0.3) is 0 Å². The highest BCUT2D eigenvalue weighted by molar-refractivity contribution is 7.12. The average molecular weight is 264 g/mol. The van der Waals surface area contributed by atoms with E-state index >= 15 is 0 Å². The summed E-state index contributed by atoms with van der Waals surface area (Å²) in [5.41, 5.74) is 3.40. The molecule has 0 atom stereocenters. The van der Waals surface area contributed by atoms with Gasteiger partial charge in [0.05, 0.1) is 19.0 Å². The molecule has 0 spiro atoms. The Labute approximate surface area is 108 Å². The van der Waals surface area contributed by atoms with Crippen LogP contribution in [0.2, 0.25) is 0 Å². The first-order valence-corrected chi connectivity index (χ1v) is 6.10. The number of carbonyl (C=O) groups is 1. The van der Waals surface area contributed by atoms with Gasteiger partial charge >= 0.3 is 5.97 Å². The molecule has 0 saturated heterocycles. The summed E-state index contributed by atoms with van der Waals surface area (Å²) in [7, 11) is 1.35. The van der Waals surface area contributed by atoms with Crippen LogP contribution in [0.1, 0.15) is 21.2 Å². The Bertz CT molecular complexity index is 571. The third-order valence-electron chi connectivity index (χ3n) is 2.17. The number of hydrazone groups is 1. The van der Waals surface area contributed by atoms with Crippen LogP contribution in [0.5, 0.6) is 0 Å². The zero-order valence-electron chi connectivity index (χ0n) is 9.97. The van der Waals surface area contributed by atoms with Crippen molar-refractivity contribution in [2.75, 3.05) is 12.5 Å². The summed E-state index contributed by atoms with van der Waals surface area (Å²) in [5.74, 6) is 1.09. The summed E-state index contributed by atoms with van der Waals surface area (Å²) in [6.45, 7) is 1.86. The molecule has 2 heterocycles. The lowest BCUT2D eigenvalue weighted by Crippen LogP contribution is -2.01. The van der Waals surface area contributed by atoms with Gasteiger partial charge in [0.15, 0.2) is 0 Å². The summed E-state index contributed by atoms with van der Waals surface area (Å²) in [6, 6.07) is 5.43. The van der Waals surface area contributed by atoms with E-state index in [1.807, 2.05) is 19.1 Å². The first-order chi connectivity index (χ1) is 8.70. The smallest absolute Gasteiger partial charge is 0.350 e. The molecule has 0 amide bonds. The van der Waals surface area contributed by atoms with Gasteiger partial charge in [-0.1, -0.05) is 0 Å². The molecule has 5 nitrogen and oxygen atoms in total. The Kier molecular flexibility index (Phi) is 3.78. The maximum absolute atomic E-state index is 11.4. The molecule has 0 aliphatic carbocycles. The Hall–Kier alpha value is -2.08. The largest absolute Gasteiger partial charge is 0.465 e. The molecule has 0 unspecified atom stereocenters. The lowest BCUT2D eigenvalue weighted by molar-refractivity contribution is 0.0607. The van der Waals surface area contributed by atoms with E-state index in [4.69, 9.17) is 4.42 Å². The number of nitrogens with zero attached hydrogens (tertiary/aromatic N) is 1. The quantitative estimate of drug-likeness (QED) is 0.524. The number of hydrogen-bond donors (Lipinski definition) is 1. The Balaban J connectivity index is 2.04. The number of esters is 1. The van der Waals surface area contributed by atoms with Crippen LogP contribution in [0, 0.1) is 6.92 Å². The summed E-state index contributed by atoms with van der Waals surface area (Å²) >= 11 is 1.30. The molecule has 0 radical (unpaired) electrons. The highest BCUT2D eigenvalue weighted by Gasteiger charge is 2.12. The Morgan fingerprint density at radius 3 is 3.00 bits per heavy atom. The normalized spacial score (nSPS) is 10.8. The summed E-state index contributed by atoms with van der Waals surface area (Å²) in [6.07, 6.45) is 1.55. The number of thiophene rings is 1. The van der Waals surface area contributed by atoms with Crippen LogP contribution in [0.3, 0.4) is 0 Å². The van der Waals surface area contributed by atoms with Crippen molar-refractivity contribution in [2.24, 2.45) is 5.10 Å². The summed E-state index contributed by atoms with van der Waals surface area (Å²) < 4.78 is 9.99. The number of rotatable bonds is 4. The molecule has 2 aromatic rings. The molecule has 18 heavy (non-hydrogen) atoms. The van der Waals surface area contributed by atoms with Crippen molar-refractivity contribution in [1.29, 1.82) is 0 Å².